The maximum atomic E-state index is 6.25. The second-order valence-corrected chi connectivity index (χ2v) is 7.11. The number of ether oxygens (including phenoxy) is 1. The zero-order valence-electron chi connectivity index (χ0n) is 13.2. The lowest BCUT2D eigenvalue weighted by Crippen LogP contribution is -2.53. The van der Waals surface area contributed by atoms with Crippen LogP contribution in [0.4, 0.5) is 0 Å². The fourth-order valence-corrected chi connectivity index (χ4v) is 4.62. The maximum absolute atomic E-state index is 6.25. The quantitative estimate of drug-likeness (QED) is 0.860. The third-order valence-corrected chi connectivity index (χ3v) is 5.77. The highest BCUT2D eigenvalue weighted by Crippen LogP contribution is 2.40. The molecule has 0 bridgehead atoms. The van der Waals surface area contributed by atoms with Gasteiger partial charge in [0.15, 0.2) is 0 Å². The average molecular weight is 280 g/mol. The van der Waals surface area contributed by atoms with Gasteiger partial charge in [0.05, 0.1) is 5.60 Å². The van der Waals surface area contributed by atoms with E-state index < -0.39 is 0 Å². The SMILES string of the molecule is CCNC1CCN(C2CCOC3(CCCCC3)C2)CC1. The zero-order valence-corrected chi connectivity index (χ0v) is 13.2. The number of hydrogen-bond donors (Lipinski definition) is 1. The Labute approximate surface area is 124 Å². The van der Waals surface area contributed by atoms with Crippen molar-refractivity contribution in [3.05, 3.63) is 0 Å². The molecule has 1 spiro atoms. The summed E-state index contributed by atoms with van der Waals surface area (Å²) in [6, 6.07) is 1.56. The van der Waals surface area contributed by atoms with E-state index in [-0.39, 0.29) is 5.60 Å². The average Bonchev–Trinajstić information content (AvgIpc) is 2.49. The van der Waals surface area contributed by atoms with Gasteiger partial charge in [-0.25, -0.2) is 0 Å². The van der Waals surface area contributed by atoms with Gasteiger partial charge in [-0.3, -0.25) is 0 Å². The first-order valence-electron chi connectivity index (χ1n) is 8.93. The van der Waals surface area contributed by atoms with Crippen molar-refractivity contribution in [2.45, 2.75) is 82.4 Å². The van der Waals surface area contributed by atoms with Crippen LogP contribution in [0.25, 0.3) is 0 Å². The number of nitrogens with zero attached hydrogens (tertiary/aromatic N) is 1. The van der Waals surface area contributed by atoms with Gasteiger partial charge in [0.2, 0.25) is 0 Å². The third kappa shape index (κ3) is 3.37. The van der Waals surface area contributed by atoms with E-state index in [0.717, 1.165) is 25.2 Å². The highest BCUT2D eigenvalue weighted by Gasteiger charge is 2.40. The molecule has 2 heterocycles. The predicted octanol–water partition coefficient (Wildman–Crippen LogP) is 2.94. The van der Waals surface area contributed by atoms with Crippen molar-refractivity contribution in [3.63, 3.8) is 0 Å². The molecule has 1 saturated carbocycles. The van der Waals surface area contributed by atoms with Gasteiger partial charge >= 0.3 is 0 Å². The molecule has 0 aromatic carbocycles. The minimum absolute atomic E-state index is 0.264. The topological polar surface area (TPSA) is 24.5 Å². The van der Waals surface area contributed by atoms with Crippen molar-refractivity contribution in [2.24, 2.45) is 0 Å². The third-order valence-electron chi connectivity index (χ3n) is 5.77. The Morgan fingerprint density at radius 3 is 2.55 bits per heavy atom. The summed E-state index contributed by atoms with van der Waals surface area (Å²) < 4.78 is 6.25. The van der Waals surface area contributed by atoms with Gasteiger partial charge in [0.25, 0.3) is 0 Å². The van der Waals surface area contributed by atoms with E-state index in [2.05, 4.69) is 17.1 Å². The summed E-state index contributed by atoms with van der Waals surface area (Å²) in [5.74, 6) is 0. The number of nitrogens with one attached hydrogen (secondary N) is 1. The first-order chi connectivity index (χ1) is 9.81. The molecule has 3 rings (SSSR count). The molecule has 1 aliphatic carbocycles. The van der Waals surface area contributed by atoms with Crippen molar-refractivity contribution >= 4 is 0 Å². The molecular formula is C17H32N2O. The Kier molecular flexibility index (Phi) is 5.00. The van der Waals surface area contributed by atoms with Gasteiger partial charge in [-0.05, 0) is 58.2 Å². The second-order valence-electron chi connectivity index (χ2n) is 7.11. The van der Waals surface area contributed by atoms with Crippen LogP contribution >= 0.6 is 0 Å². The van der Waals surface area contributed by atoms with Crippen LogP contribution in [-0.2, 0) is 4.74 Å². The van der Waals surface area contributed by atoms with Gasteiger partial charge < -0.3 is 15.0 Å². The number of rotatable bonds is 3. The van der Waals surface area contributed by atoms with Crippen LogP contribution < -0.4 is 5.32 Å². The number of hydrogen-bond acceptors (Lipinski definition) is 3. The summed E-state index contributed by atoms with van der Waals surface area (Å²) in [5.41, 5.74) is 0.264. The van der Waals surface area contributed by atoms with E-state index in [4.69, 9.17) is 4.74 Å². The molecule has 1 atom stereocenters. The van der Waals surface area contributed by atoms with Gasteiger partial charge in [-0.2, -0.15) is 0 Å². The Bertz CT molecular complexity index is 288. The molecule has 1 unspecified atom stereocenters. The fourth-order valence-electron chi connectivity index (χ4n) is 4.62. The van der Waals surface area contributed by atoms with Crippen LogP contribution in [0.2, 0.25) is 0 Å². The minimum Gasteiger partial charge on any atom is -0.375 e. The Morgan fingerprint density at radius 1 is 1.10 bits per heavy atom. The van der Waals surface area contributed by atoms with Gasteiger partial charge in [0.1, 0.15) is 0 Å². The van der Waals surface area contributed by atoms with Crippen LogP contribution in [0, 0.1) is 0 Å². The van der Waals surface area contributed by atoms with Crippen LogP contribution in [0.3, 0.4) is 0 Å². The van der Waals surface area contributed by atoms with E-state index in [1.807, 2.05) is 0 Å². The molecule has 1 N–H and O–H groups in total. The first kappa shape index (κ1) is 14.8. The number of likely N-dealkylation sites (tertiary alicyclic amines) is 1. The van der Waals surface area contributed by atoms with Gasteiger partial charge in [0, 0.05) is 18.7 Å². The smallest absolute Gasteiger partial charge is 0.0697 e. The Hall–Kier alpha value is -0.120. The molecule has 3 aliphatic rings. The highest BCUT2D eigenvalue weighted by molar-refractivity contribution is 4.94. The van der Waals surface area contributed by atoms with Gasteiger partial charge in [-0.1, -0.05) is 26.2 Å². The normalized spacial score (nSPS) is 32.5. The van der Waals surface area contributed by atoms with E-state index in [0.29, 0.717) is 0 Å². The van der Waals surface area contributed by atoms with E-state index in [1.54, 1.807) is 0 Å². The molecule has 2 aliphatic heterocycles. The van der Waals surface area contributed by atoms with Crippen molar-refractivity contribution in [3.8, 4) is 0 Å². The van der Waals surface area contributed by atoms with Crippen LogP contribution in [-0.4, -0.2) is 48.8 Å². The summed E-state index contributed by atoms with van der Waals surface area (Å²) in [6.45, 7) is 6.91. The predicted molar refractivity (Wildman–Crippen MR) is 83.1 cm³/mol. The van der Waals surface area contributed by atoms with Crippen LogP contribution in [0.1, 0.15) is 64.7 Å². The summed E-state index contributed by atoms with van der Waals surface area (Å²) in [7, 11) is 0. The second kappa shape index (κ2) is 6.76. The molecule has 20 heavy (non-hydrogen) atoms. The largest absolute Gasteiger partial charge is 0.375 e. The molecule has 0 amide bonds. The highest BCUT2D eigenvalue weighted by atomic mass is 16.5. The van der Waals surface area contributed by atoms with Gasteiger partial charge in [-0.15, -0.1) is 0 Å². The van der Waals surface area contributed by atoms with Crippen molar-refractivity contribution in [2.75, 3.05) is 26.2 Å². The minimum atomic E-state index is 0.264. The molecule has 2 saturated heterocycles. The summed E-state index contributed by atoms with van der Waals surface area (Å²) in [6.07, 6.45) is 12.0. The molecule has 116 valence electrons. The number of piperidine rings is 1. The van der Waals surface area contributed by atoms with Crippen molar-refractivity contribution in [1.82, 2.24) is 10.2 Å². The Morgan fingerprint density at radius 2 is 1.85 bits per heavy atom. The lowest BCUT2D eigenvalue weighted by Gasteiger charge is -2.48. The van der Waals surface area contributed by atoms with Crippen molar-refractivity contribution < 1.29 is 4.74 Å². The molecule has 0 aromatic heterocycles. The first-order valence-corrected chi connectivity index (χ1v) is 8.93. The molecule has 3 nitrogen and oxygen atoms in total. The fraction of sp³-hybridized carbons (Fsp3) is 1.00. The maximum Gasteiger partial charge on any atom is 0.0697 e. The molecule has 3 fully saturated rings. The lowest BCUT2D eigenvalue weighted by molar-refractivity contribution is -0.126. The summed E-state index contributed by atoms with van der Waals surface area (Å²) in [4.78, 5) is 2.77. The van der Waals surface area contributed by atoms with Crippen LogP contribution in [0.5, 0.6) is 0 Å². The zero-order chi connectivity index (χ0) is 13.8. The molecule has 3 heteroatoms. The van der Waals surface area contributed by atoms with Crippen LogP contribution in [0.15, 0.2) is 0 Å². The van der Waals surface area contributed by atoms with E-state index >= 15 is 0 Å². The van der Waals surface area contributed by atoms with Crippen molar-refractivity contribution in [1.29, 1.82) is 0 Å². The summed E-state index contributed by atoms with van der Waals surface area (Å²) >= 11 is 0. The molecule has 0 aromatic rings. The lowest BCUT2D eigenvalue weighted by atomic mass is 9.77. The van der Waals surface area contributed by atoms with E-state index in [1.165, 1.54) is 70.9 Å². The van der Waals surface area contributed by atoms with E-state index in [9.17, 15) is 0 Å². The molecular weight excluding hydrogens is 248 g/mol. The Balaban J connectivity index is 1.52. The molecule has 0 radical (unpaired) electrons. The monoisotopic (exact) mass is 280 g/mol. The standard InChI is InChI=1S/C17H32N2O/c1-2-18-15-6-11-19(12-7-15)16-8-13-20-17(14-16)9-4-3-5-10-17/h15-16,18H,2-14H2,1H3. The summed E-state index contributed by atoms with van der Waals surface area (Å²) in [5, 5.41) is 3.61.